The largest absolute Gasteiger partial charge is 0.387 e. The summed E-state index contributed by atoms with van der Waals surface area (Å²) >= 11 is 0. The highest BCUT2D eigenvalue weighted by Crippen LogP contribution is 2.09. The Labute approximate surface area is 54.7 Å². The number of aromatic nitrogens is 1. The first kappa shape index (κ1) is 6.36. The molecule has 1 aromatic heterocycles. The van der Waals surface area contributed by atoms with Gasteiger partial charge >= 0.3 is 0 Å². The minimum atomic E-state index is -0.356. The van der Waals surface area contributed by atoms with Gasteiger partial charge in [-0.15, -0.1) is 0 Å². The van der Waals surface area contributed by atoms with Crippen molar-refractivity contribution >= 4 is 0 Å². The van der Waals surface area contributed by atoms with Crippen molar-refractivity contribution in [3.63, 3.8) is 0 Å². The molecule has 0 amide bonds. The molecule has 0 saturated heterocycles. The van der Waals surface area contributed by atoms with Crippen LogP contribution in [0.4, 0.5) is 0 Å². The van der Waals surface area contributed by atoms with Crippen LogP contribution in [0.2, 0.25) is 0 Å². The second-order valence-electron chi connectivity index (χ2n) is 2.22. The SMILES string of the molecule is C[C@@H](O)c1cccn1C. The van der Waals surface area contributed by atoms with Crippen molar-refractivity contribution in [1.29, 1.82) is 0 Å². The maximum Gasteiger partial charge on any atom is 0.0911 e. The minimum Gasteiger partial charge on any atom is -0.387 e. The molecule has 1 aromatic rings. The number of aliphatic hydroxyl groups excluding tert-OH is 1. The molecule has 0 aromatic carbocycles. The Morgan fingerprint density at radius 3 is 2.56 bits per heavy atom. The second-order valence-corrected chi connectivity index (χ2v) is 2.22. The van der Waals surface area contributed by atoms with Gasteiger partial charge in [-0.2, -0.15) is 0 Å². The van der Waals surface area contributed by atoms with E-state index >= 15 is 0 Å². The lowest BCUT2D eigenvalue weighted by Crippen LogP contribution is -1.98. The number of nitrogens with zero attached hydrogens (tertiary/aromatic N) is 1. The van der Waals surface area contributed by atoms with Crippen LogP contribution < -0.4 is 0 Å². The van der Waals surface area contributed by atoms with Crippen LogP contribution in [0.15, 0.2) is 18.3 Å². The summed E-state index contributed by atoms with van der Waals surface area (Å²) in [7, 11) is 1.92. The van der Waals surface area contributed by atoms with Gasteiger partial charge in [0.2, 0.25) is 0 Å². The van der Waals surface area contributed by atoms with Gasteiger partial charge in [-0.05, 0) is 19.1 Å². The van der Waals surface area contributed by atoms with Crippen molar-refractivity contribution in [1.82, 2.24) is 4.57 Å². The summed E-state index contributed by atoms with van der Waals surface area (Å²) in [5.41, 5.74) is 0.954. The normalized spacial score (nSPS) is 13.7. The number of aryl methyl sites for hydroxylation is 1. The van der Waals surface area contributed by atoms with Crippen LogP contribution >= 0.6 is 0 Å². The number of hydrogen-bond acceptors (Lipinski definition) is 1. The molecule has 0 spiro atoms. The van der Waals surface area contributed by atoms with Crippen LogP contribution in [-0.2, 0) is 7.05 Å². The van der Waals surface area contributed by atoms with Crippen LogP contribution in [0, 0.1) is 0 Å². The molecular weight excluding hydrogens is 114 g/mol. The maximum absolute atomic E-state index is 9.07. The van der Waals surface area contributed by atoms with E-state index in [-0.39, 0.29) is 6.10 Å². The van der Waals surface area contributed by atoms with Crippen molar-refractivity contribution in [2.75, 3.05) is 0 Å². The molecule has 0 unspecified atom stereocenters. The van der Waals surface area contributed by atoms with E-state index < -0.39 is 0 Å². The molecular formula is C7H11NO. The topological polar surface area (TPSA) is 25.2 Å². The van der Waals surface area contributed by atoms with E-state index in [1.165, 1.54) is 0 Å². The predicted octanol–water partition coefficient (Wildman–Crippen LogP) is 1.08. The van der Waals surface area contributed by atoms with E-state index in [0.29, 0.717) is 0 Å². The molecule has 0 aliphatic heterocycles. The standard InChI is InChI=1S/C7H11NO/c1-6(9)7-4-3-5-8(7)2/h3-6,9H,1-2H3/t6-/m1/s1. The molecule has 0 fully saturated rings. The smallest absolute Gasteiger partial charge is 0.0911 e. The highest BCUT2D eigenvalue weighted by Gasteiger charge is 2.01. The Morgan fingerprint density at radius 2 is 2.33 bits per heavy atom. The molecule has 1 N–H and O–H groups in total. The lowest BCUT2D eigenvalue weighted by molar-refractivity contribution is 0.190. The summed E-state index contributed by atoms with van der Waals surface area (Å²) in [4.78, 5) is 0. The van der Waals surface area contributed by atoms with Crippen molar-refractivity contribution < 1.29 is 5.11 Å². The third-order valence-corrected chi connectivity index (χ3v) is 1.41. The maximum atomic E-state index is 9.07. The average molecular weight is 125 g/mol. The third kappa shape index (κ3) is 1.13. The van der Waals surface area contributed by atoms with Crippen LogP contribution in [0.3, 0.4) is 0 Å². The van der Waals surface area contributed by atoms with Gasteiger partial charge in [0.15, 0.2) is 0 Å². The van der Waals surface area contributed by atoms with E-state index in [0.717, 1.165) is 5.69 Å². The molecule has 9 heavy (non-hydrogen) atoms. The molecule has 1 heterocycles. The molecule has 0 aliphatic rings. The van der Waals surface area contributed by atoms with Crippen LogP contribution in [-0.4, -0.2) is 9.67 Å². The number of rotatable bonds is 1. The summed E-state index contributed by atoms with van der Waals surface area (Å²) in [6.07, 6.45) is 1.56. The summed E-state index contributed by atoms with van der Waals surface area (Å²) in [6, 6.07) is 3.83. The Balaban J connectivity index is 2.94. The molecule has 2 heteroatoms. The Bertz CT molecular complexity index is 191. The van der Waals surface area contributed by atoms with Crippen molar-refractivity contribution in [3.8, 4) is 0 Å². The van der Waals surface area contributed by atoms with Crippen LogP contribution in [0.25, 0.3) is 0 Å². The highest BCUT2D eigenvalue weighted by atomic mass is 16.3. The van der Waals surface area contributed by atoms with Gasteiger partial charge in [-0.25, -0.2) is 0 Å². The van der Waals surface area contributed by atoms with E-state index in [2.05, 4.69) is 0 Å². The van der Waals surface area contributed by atoms with Crippen molar-refractivity contribution in [3.05, 3.63) is 24.0 Å². The Morgan fingerprint density at radius 1 is 1.67 bits per heavy atom. The fraction of sp³-hybridized carbons (Fsp3) is 0.429. The molecule has 2 nitrogen and oxygen atoms in total. The van der Waals surface area contributed by atoms with Crippen molar-refractivity contribution in [2.45, 2.75) is 13.0 Å². The van der Waals surface area contributed by atoms with E-state index in [1.54, 1.807) is 6.92 Å². The molecule has 0 saturated carbocycles. The zero-order chi connectivity index (χ0) is 6.85. The molecule has 0 radical (unpaired) electrons. The summed E-state index contributed by atoms with van der Waals surface area (Å²) in [5, 5.41) is 9.07. The Kier molecular flexibility index (Phi) is 1.58. The first-order valence-corrected chi connectivity index (χ1v) is 3.01. The molecule has 50 valence electrons. The zero-order valence-corrected chi connectivity index (χ0v) is 5.70. The number of hydrogen-bond donors (Lipinski definition) is 1. The molecule has 0 bridgehead atoms. The molecule has 1 atom stereocenters. The quantitative estimate of drug-likeness (QED) is 0.597. The van der Waals surface area contributed by atoms with Gasteiger partial charge in [0.1, 0.15) is 0 Å². The van der Waals surface area contributed by atoms with E-state index in [1.807, 2.05) is 29.9 Å². The fourth-order valence-electron chi connectivity index (χ4n) is 0.908. The van der Waals surface area contributed by atoms with Gasteiger partial charge < -0.3 is 9.67 Å². The average Bonchev–Trinajstić information content (AvgIpc) is 2.13. The minimum absolute atomic E-state index is 0.356. The summed E-state index contributed by atoms with van der Waals surface area (Å²) in [5.74, 6) is 0. The van der Waals surface area contributed by atoms with Crippen LogP contribution in [0.5, 0.6) is 0 Å². The van der Waals surface area contributed by atoms with E-state index in [4.69, 9.17) is 5.11 Å². The first-order valence-electron chi connectivity index (χ1n) is 3.01. The summed E-state index contributed by atoms with van der Waals surface area (Å²) < 4.78 is 1.91. The predicted molar refractivity (Wildman–Crippen MR) is 36.0 cm³/mol. The Hall–Kier alpha value is -0.760. The molecule has 0 aliphatic carbocycles. The van der Waals surface area contributed by atoms with Gasteiger partial charge in [0.05, 0.1) is 6.10 Å². The first-order chi connectivity index (χ1) is 4.22. The van der Waals surface area contributed by atoms with Crippen molar-refractivity contribution in [2.24, 2.45) is 7.05 Å². The molecule has 1 rings (SSSR count). The van der Waals surface area contributed by atoms with Gasteiger partial charge in [-0.3, -0.25) is 0 Å². The third-order valence-electron chi connectivity index (χ3n) is 1.41. The highest BCUT2D eigenvalue weighted by molar-refractivity contribution is 5.08. The monoisotopic (exact) mass is 125 g/mol. The van der Waals surface area contributed by atoms with Gasteiger partial charge in [-0.1, -0.05) is 0 Å². The van der Waals surface area contributed by atoms with Gasteiger partial charge in [0, 0.05) is 18.9 Å². The second kappa shape index (κ2) is 2.23. The van der Waals surface area contributed by atoms with Crippen LogP contribution in [0.1, 0.15) is 18.7 Å². The zero-order valence-electron chi connectivity index (χ0n) is 5.70. The van der Waals surface area contributed by atoms with E-state index in [9.17, 15) is 0 Å². The summed E-state index contributed by atoms with van der Waals surface area (Å²) in [6.45, 7) is 1.76. The fourth-order valence-corrected chi connectivity index (χ4v) is 0.908. The number of aliphatic hydroxyl groups is 1. The lowest BCUT2D eigenvalue weighted by Gasteiger charge is -2.03. The van der Waals surface area contributed by atoms with Gasteiger partial charge in [0.25, 0.3) is 0 Å². The lowest BCUT2D eigenvalue weighted by atomic mass is 10.3.